The predicted octanol–water partition coefficient (Wildman–Crippen LogP) is 2.98. The Kier molecular flexibility index (Phi) is 6.80. The van der Waals surface area contributed by atoms with E-state index < -0.39 is 0 Å². The van der Waals surface area contributed by atoms with E-state index in [0.29, 0.717) is 12.0 Å². The van der Waals surface area contributed by atoms with Crippen molar-refractivity contribution in [3.63, 3.8) is 0 Å². The third-order valence-electron chi connectivity index (χ3n) is 4.25. The van der Waals surface area contributed by atoms with Gasteiger partial charge >= 0.3 is 0 Å². The topological polar surface area (TPSA) is 38.5 Å². The molecule has 0 amide bonds. The number of rotatable bonds is 4. The van der Waals surface area contributed by atoms with Crippen LogP contribution in [0.2, 0.25) is 0 Å². The highest BCUT2D eigenvalue weighted by Crippen LogP contribution is 2.23. The highest BCUT2D eigenvalue weighted by atomic mass is 35.5. The summed E-state index contributed by atoms with van der Waals surface area (Å²) >= 11 is 0. The summed E-state index contributed by atoms with van der Waals surface area (Å²) in [5.41, 5.74) is 8.52. The van der Waals surface area contributed by atoms with Crippen molar-refractivity contribution < 1.29 is 4.74 Å². The summed E-state index contributed by atoms with van der Waals surface area (Å²) in [4.78, 5) is 2.52. The van der Waals surface area contributed by atoms with Crippen molar-refractivity contribution in [3.05, 3.63) is 29.3 Å². The molecule has 20 heavy (non-hydrogen) atoms. The molecule has 0 spiro atoms. The van der Waals surface area contributed by atoms with Gasteiger partial charge in [-0.2, -0.15) is 0 Å². The molecule has 114 valence electrons. The summed E-state index contributed by atoms with van der Waals surface area (Å²) in [6, 6.07) is 6.84. The number of benzene rings is 1. The second-order valence-corrected chi connectivity index (χ2v) is 5.78. The van der Waals surface area contributed by atoms with Crippen LogP contribution in [0.5, 0.6) is 5.75 Å². The van der Waals surface area contributed by atoms with E-state index in [1.165, 1.54) is 24.0 Å². The molecular weight excluding hydrogens is 272 g/mol. The smallest absolute Gasteiger partial charge is 0.122 e. The standard InChI is InChI=1S/C16H26N2O.ClH/c1-12-4-5-14(10-16(12)19-3)11-18-8-6-15(7-9-18)13(2)17;/h4-5,10,13,15H,6-9,11,17H2,1-3H3;1H. The zero-order chi connectivity index (χ0) is 13.8. The maximum absolute atomic E-state index is 5.98. The number of methoxy groups -OCH3 is 1. The number of hydrogen-bond acceptors (Lipinski definition) is 3. The molecule has 0 aromatic heterocycles. The van der Waals surface area contributed by atoms with Gasteiger partial charge in [-0.15, -0.1) is 12.4 Å². The average molecular weight is 299 g/mol. The highest BCUT2D eigenvalue weighted by molar-refractivity contribution is 5.85. The van der Waals surface area contributed by atoms with Gasteiger partial charge in [-0.25, -0.2) is 0 Å². The molecule has 1 heterocycles. The third-order valence-corrected chi connectivity index (χ3v) is 4.25. The summed E-state index contributed by atoms with van der Waals surface area (Å²) in [7, 11) is 1.74. The van der Waals surface area contributed by atoms with Crippen molar-refractivity contribution in [2.24, 2.45) is 11.7 Å². The Bertz CT molecular complexity index is 415. The van der Waals surface area contributed by atoms with Crippen molar-refractivity contribution in [2.75, 3.05) is 20.2 Å². The molecule has 1 fully saturated rings. The molecule has 0 bridgehead atoms. The van der Waals surface area contributed by atoms with Crippen LogP contribution in [0.3, 0.4) is 0 Å². The van der Waals surface area contributed by atoms with Gasteiger partial charge in [-0.1, -0.05) is 12.1 Å². The van der Waals surface area contributed by atoms with Crippen LogP contribution < -0.4 is 10.5 Å². The van der Waals surface area contributed by atoms with Gasteiger partial charge in [0, 0.05) is 12.6 Å². The maximum Gasteiger partial charge on any atom is 0.122 e. The van der Waals surface area contributed by atoms with Crippen LogP contribution in [-0.4, -0.2) is 31.1 Å². The Hall–Kier alpha value is -0.770. The van der Waals surface area contributed by atoms with Gasteiger partial charge in [0.1, 0.15) is 5.75 Å². The summed E-state index contributed by atoms with van der Waals surface area (Å²) in [6.07, 6.45) is 2.45. The Morgan fingerprint density at radius 1 is 1.35 bits per heavy atom. The summed E-state index contributed by atoms with van der Waals surface area (Å²) in [5, 5.41) is 0. The van der Waals surface area contributed by atoms with Crippen LogP contribution in [0.1, 0.15) is 30.9 Å². The Morgan fingerprint density at radius 3 is 2.55 bits per heavy atom. The SMILES string of the molecule is COc1cc(CN2CCC(C(C)N)CC2)ccc1C.Cl. The van der Waals surface area contributed by atoms with Crippen LogP contribution in [-0.2, 0) is 6.54 Å². The van der Waals surface area contributed by atoms with Crippen molar-refractivity contribution in [1.82, 2.24) is 4.90 Å². The first-order valence-electron chi connectivity index (χ1n) is 7.21. The third kappa shape index (κ3) is 4.37. The summed E-state index contributed by atoms with van der Waals surface area (Å²) < 4.78 is 5.39. The zero-order valence-corrected chi connectivity index (χ0v) is 13.6. The van der Waals surface area contributed by atoms with Gasteiger partial charge in [0.2, 0.25) is 0 Å². The van der Waals surface area contributed by atoms with E-state index in [4.69, 9.17) is 10.5 Å². The molecule has 1 aliphatic heterocycles. The molecule has 0 aliphatic carbocycles. The van der Waals surface area contributed by atoms with Crippen LogP contribution in [0, 0.1) is 12.8 Å². The number of ether oxygens (including phenoxy) is 1. The van der Waals surface area contributed by atoms with E-state index in [2.05, 4.69) is 36.9 Å². The Balaban J connectivity index is 0.00000200. The second kappa shape index (κ2) is 7.87. The van der Waals surface area contributed by atoms with E-state index in [0.717, 1.165) is 25.4 Å². The molecule has 3 nitrogen and oxygen atoms in total. The van der Waals surface area contributed by atoms with Crippen molar-refractivity contribution in [1.29, 1.82) is 0 Å². The molecule has 1 aromatic carbocycles. The minimum absolute atomic E-state index is 0. The quantitative estimate of drug-likeness (QED) is 0.929. The second-order valence-electron chi connectivity index (χ2n) is 5.78. The van der Waals surface area contributed by atoms with E-state index in [9.17, 15) is 0 Å². The number of nitrogens with two attached hydrogens (primary N) is 1. The van der Waals surface area contributed by atoms with Gasteiger partial charge in [0.15, 0.2) is 0 Å². The molecule has 1 aliphatic rings. The number of halogens is 1. The maximum atomic E-state index is 5.98. The van der Waals surface area contributed by atoms with Crippen LogP contribution in [0.4, 0.5) is 0 Å². The minimum atomic E-state index is 0. The number of hydrogen-bond donors (Lipinski definition) is 1. The number of piperidine rings is 1. The van der Waals surface area contributed by atoms with E-state index in [1.807, 2.05) is 0 Å². The zero-order valence-electron chi connectivity index (χ0n) is 12.8. The van der Waals surface area contributed by atoms with Crippen LogP contribution in [0.25, 0.3) is 0 Å². The first-order valence-corrected chi connectivity index (χ1v) is 7.21. The fourth-order valence-corrected chi connectivity index (χ4v) is 2.86. The molecule has 2 rings (SSSR count). The lowest BCUT2D eigenvalue weighted by Crippen LogP contribution is -2.39. The molecule has 2 N–H and O–H groups in total. The normalized spacial score (nSPS) is 18.4. The first-order chi connectivity index (χ1) is 9.10. The minimum Gasteiger partial charge on any atom is -0.496 e. The van der Waals surface area contributed by atoms with Crippen LogP contribution >= 0.6 is 12.4 Å². The lowest BCUT2D eigenvalue weighted by molar-refractivity contribution is 0.165. The molecule has 0 saturated carbocycles. The monoisotopic (exact) mass is 298 g/mol. The van der Waals surface area contributed by atoms with Crippen LogP contribution in [0.15, 0.2) is 18.2 Å². The highest BCUT2D eigenvalue weighted by Gasteiger charge is 2.21. The Morgan fingerprint density at radius 2 is 2.00 bits per heavy atom. The van der Waals surface area contributed by atoms with Crippen molar-refractivity contribution in [3.8, 4) is 5.75 Å². The van der Waals surface area contributed by atoms with E-state index >= 15 is 0 Å². The molecule has 0 radical (unpaired) electrons. The van der Waals surface area contributed by atoms with Gasteiger partial charge in [-0.05, 0) is 62.9 Å². The Labute approximate surface area is 128 Å². The predicted molar refractivity (Wildman–Crippen MR) is 86.6 cm³/mol. The molecule has 1 unspecified atom stereocenters. The van der Waals surface area contributed by atoms with Gasteiger partial charge in [-0.3, -0.25) is 4.90 Å². The molecule has 1 saturated heterocycles. The van der Waals surface area contributed by atoms with Gasteiger partial charge in [0.05, 0.1) is 7.11 Å². The summed E-state index contributed by atoms with van der Waals surface area (Å²) in [5.74, 6) is 1.69. The van der Waals surface area contributed by atoms with Gasteiger partial charge < -0.3 is 10.5 Å². The fourth-order valence-electron chi connectivity index (χ4n) is 2.86. The average Bonchev–Trinajstić information content (AvgIpc) is 2.41. The number of nitrogens with zero attached hydrogens (tertiary/aromatic N) is 1. The lowest BCUT2D eigenvalue weighted by Gasteiger charge is -2.33. The molecule has 1 atom stereocenters. The molecule has 4 heteroatoms. The van der Waals surface area contributed by atoms with Crippen molar-refractivity contribution in [2.45, 2.75) is 39.3 Å². The molecule has 1 aromatic rings. The summed E-state index contributed by atoms with van der Waals surface area (Å²) in [6.45, 7) is 7.54. The molecular formula is C16H27ClN2O. The lowest BCUT2D eigenvalue weighted by atomic mass is 9.91. The van der Waals surface area contributed by atoms with Gasteiger partial charge in [0.25, 0.3) is 0 Å². The number of likely N-dealkylation sites (tertiary alicyclic amines) is 1. The van der Waals surface area contributed by atoms with Crippen molar-refractivity contribution >= 4 is 12.4 Å². The number of aryl methyl sites for hydroxylation is 1. The van der Waals surface area contributed by atoms with E-state index in [-0.39, 0.29) is 12.4 Å². The largest absolute Gasteiger partial charge is 0.496 e. The van der Waals surface area contributed by atoms with E-state index in [1.54, 1.807) is 7.11 Å². The first kappa shape index (κ1) is 17.3. The fraction of sp³-hybridized carbons (Fsp3) is 0.625.